The van der Waals surface area contributed by atoms with E-state index in [0.717, 1.165) is 33.0 Å². The van der Waals surface area contributed by atoms with Gasteiger partial charge in [0, 0.05) is 16.0 Å². The maximum atomic E-state index is 6.14. The Morgan fingerprint density at radius 2 is 2.00 bits per heavy atom. The van der Waals surface area contributed by atoms with Gasteiger partial charge < -0.3 is 10.1 Å². The Bertz CT molecular complexity index is 1620. The number of hydrogen-bond donors (Lipinski definition) is 1. The third kappa shape index (κ3) is 3.45. The molecular weight excluding hydrogens is 460 g/mol. The van der Waals surface area contributed by atoms with Crippen molar-refractivity contribution < 1.29 is 4.74 Å². The van der Waals surface area contributed by atoms with E-state index in [1.54, 1.807) is 22.5 Å². The van der Waals surface area contributed by atoms with Gasteiger partial charge in [-0.15, -0.1) is 16.4 Å². The summed E-state index contributed by atoms with van der Waals surface area (Å²) < 4.78 is 8.86. The number of rotatable bonds is 5. The van der Waals surface area contributed by atoms with Crippen LogP contribution in [0.1, 0.15) is 0 Å². The van der Waals surface area contributed by atoms with Gasteiger partial charge >= 0.3 is 0 Å². The van der Waals surface area contributed by atoms with Crippen LogP contribution >= 0.6 is 22.9 Å². The number of benzene rings is 2. The summed E-state index contributed by atoms with van der Waals surface area (Å²) in [6, 6.07) is 15.3. The number of halogens is 1. The molecule has 6 rings (SSSR count). The number of nitrogens with one attached hydrogen (secondary N) is 1. The van der Waals surface area contributed by atoms with E-state index in [-0.39, 0.29) is 0 Å². The van der Waals surface area contributed by atoms with Crippen LogP contribution in [-0.2, 0) is 0 Å². The lowest BCUT2D eigenvalue weighted by Gasteiger charge is -2.05. The molecular formula is C22H15ClN8OS. The van der Waals surface area contributed by atoms with E-state index in [1.165, 1.54) is 17.7 Å². The number of thiazole rings is 1. The maximum Gasteiger partial charge on any atom is 0.249 e. The van der Waals surface area contributed by atoms with E-state index in [4.69, 9.17) is 16.3 Å². The van der Waals surface area contributed by atoms with Crippen molar-refractivity contribution in [2.24, 2.45) is 0 Å². The van der Waals surface area contributed by atoms with E-state index < -0.39 is 0 Å². The van der Waals surface area contributed by atoms with Crippen LogP contribution in [0, 0.1) is 0 Å². The van der Waals surface area contributed by atoms with Gasteiger partial charge in [0.15, 0.2) is 5.65 Å². The molecule has 0 bridgehead atoms. The van der Waals surface area contributed by atoms with E-state index in [1.807, 2.05) is 53.9 Å². The van der Waals surface area contributed by atoms with Crippen LogP contribution in [0.3, 0.4) is 0 Å². The maximum absolute atomic E-state index is 6.14. The molecule has 4 heterocycles. The number of methoxy groups -OCH3 is 1. The van der Waals surface area contributed by atoms with Crippen molar-refractivity contribution in [3.63, 3.8) is 0 Å². The summed E-state index contributed by atoms with van der Waals surface area (Å²) in [4.78, 5) is 14.1. The van der Waals surface area contributed by atoms with Crippen LogP contribution in [-0.4, -0.2) is 41.5 Å². The molecule has 0 aliphatic heterocycles. The predicted molar refractivity (Wildman–Crippen MR) is 128 cm³/mol. The first kappa shape index (κ1) is 19.6. The zero-order valence-electron chi connectivity index (χ0n) is 17.2. The van der Waals surface area contributed by atoms with Crippen molar-refractivity contribution in [1.82, 2.24) is 34.3 Å². The van der Waals surface area contributed by atoms with Gasteiger partial charge in [0.2, 0.25) is 10.9 Å². The van der Waals surface area contributed by atoms with Gasteiger partial charge in [-0.3, -0.25) is 0 Å². The number of nitrogens with zero attached hydrogens (tertiary/aromatic N) is 7. The molecule has 0 fully saturated rings. The Balaban J connectivity index is 1.37. The second kappa shape index (κ2) is 7.84. The third-order valence-corrected chi connectivity index (χ3v) is 6.15. The molecule has 33 heavy (non-hydrogen) atoms. The molecule has 11 heteroatoms. The monoisotopic (exact) mass is 474 g/mol. The molecule has 6 aromatic rings. The minimum atomic E-state index is 0.432. The van der Waals surface area contributed by atoms with E-state index in [2.05, 4.69) is 30.5 Å². The van der Waals surface area contributed by atoms with Crippen molar-refractivity contribution in [3.8, 4) is 22.7 Å². The van der Waals surface area contributed by atoms with Gasteiger partial charge in [0.25, 0.3) is 0 Å². The second-order valence-corrected chi connectivity index (χ2v) is 8.38. The number of hydrogen-bond acceptors (Lipinski definition) is 8. The van der Waals surface area contributed by atoms with Crippen LogP contribution in [0.25, 0.3) is 32.9 Å². The minimum absolute atomic E-state index is 0.432. The van der Waals surface area contributed by atoms with Crippen LogP contribution < -0.4 is 10.1 Å². The number of anilines is 2. The highest BCUT2D eigenvalue weighted by molar-refractivity contribution is 7.15. The van der Waals surface area contributed by atoms with Crippen molar-refractivity contribution >= 4 is 50.7 Å². The fourth-order valence-corrected chi connectivity index (χ4v) is 4.58. The van der Waals surface area contributed by atoms with Gasteiger partial charge in [0.05, 0.1) is 30.1 Å². The summed E-state index contributed by atoms with van der Waals surface area (Å²) in [6.07, 6.45) is 3.19. The Kier molecular flexibility index (Phi) is 4.67. The highest BCUT2D eigenvalue weighted by Crippen LogP contribution is 2.30. The van der Waals surface area contributed by atoms with Crippen LogP contribution in [0.2, 0.25) is 5.02 Å². The molecule has 0 saturated carbocycles. The van der Waals surface area contributed by atoms with Gasteiger partial charge in [-0.05, 0) is 30.3 Å². The van der Waals surface area contributed by atoms with E-state index >= 15 is 0 Å². The lowest BCUT2D eigenvalue weighted by Crippen LogP contribution is -2.00. The van der Waals surface area contributed by atoms with Crippen LogP contribution in [0.4, 0.5) is 11.8 Å². The van der Waals surface area contributed by atoms with Crippen molar-refractivity contribution in [2.75, 3.05) is 12.4 Å². The third-order valence-electron chi connectivity index (χ3n) is 5.10. The fraction of sp³-hybridized carbons (Fsp3) is 0.0455. The first-order valence-corrected chi connectivity index (χ1v) is 11.2. The molecule has 0 radical (unpaired) electrons. The molecule has 2 aromatic carbocycles. The van der Waals surface area contributed by atoms with E-state index in [0.29, 0.717) is 22.4 Å². The summed E-state index contributed by atoms with van der Waals surface area (Å²) in [7, 11) is 1.65. The zero-order valence-corrected chi connectivity index (χ0v) is 18.7. The first-order valence-electron chi connectivity index (χ1n) is 9.90. The molecule has 0 saturated heterocycles. The topological polar surface area (TPSA) is 95.0 Å². The summed E-state index contributed by atoms with van der Waals surface area (Å²) in [6.45, 7) is 0. The molecule has 9 nitrogen and oxygen atoms in total. The average molecular weight is 475 g/mol. The van der Waals surface area contributed by atoms with Crippen molar-refractivity contribution in [2.45, 2.75) is 0 Å². The Morgan fingerprint density at radius 3 is 2.88 bits per heavy atom. The van der Waals surface area contributed by atoms with Crippen molar-refractivity contribution in [1.29, 1.82) is 0 Å². The SMILES string of the molecule is COc1cccc(-c2csc3nc(Nc4ncnc5c4cnn5-c4cccc(Cl)c4)nn23)c1. The molecule has 0 atom stereocenters. The summed E-state index contributed by atoms with van der Waals surface area (Å²) in [5.74, 6) is 1.78. The van der Waals surface area contributed by atoms with Crippen LogP contribution in [0.5, 0.6) is 5.75 Å². The Morgan fingerprint density at radius 1 is 1.09 bits per heavy atom. The lowest BCUT2D eigenvalue weighted by molar-refractivity contribution is 0.415. The Labute approximate surface area is 196 Å². The normalized spacial score (nSPS) is 11.3. The smallest absolute Gasteiger partial charge is 0.249 e. The van der Waals surface area contributed by atoms with Gasteiger partial charge in [-0.25, -0.2) is 19.2 Å². The molecule has 0 amide bonds. The van der Waals surface area contributed by atoms with Crippen molar-refractivity contribution in [3.05, 3.63) is 71.5 Å². The largest absolute Gasteiger partial charge is 0.497 e. The summed E-state index contributed by atoms with van der Waals surface area (Å²) in [5.41, 5.74) is 3.37. The zero-order chi connectivity index (χ0) is 22.4. The van der Waals surface area contributed by atoms with Gasteiger partial charge in [-0.2, -0.15) is 10.1 Å². The fourth-order valence-electron chi connectivity index (χ4n) is 3.56. The van der Waals surface area contributed by atoms with E-state index in [9.17, 15) is 0 Å². The minimum Gasteiger partial charge on any atom is -0.497 e. The second-order valence-electron chi connectivity index (χ2n) is 7.10. The van der Waals surface area contributed by atoms with Gasteiger partial charge in [0.1, 0.15) is 17.9 Å². The molecule has 0 aliphatic rings. The standard InChI is InChI=1S/C22H15ClN8OS/c1-32-16-7-2-4-13(8-16)18-11-33-22-28-21(29-31(18)22)27-19-17-10-26-30(20(17)25-12-24-19)15-6-3-5-14(23)9-15/h2-12H,1H3,(H,24,25,27,29). The molecule has 0 spiro atoms. The molecule has 162 valence electrons. The Hall–Kier alpha value is -4.02. The highest BCUT2D eigenvalue weighted by Gasteiger charge is 2.16. The summed E-state index contributed by atoms with van der Waals surface area (Å²) >= 11 is 7.65. The summed E-state index contributed by atoms with van der Waals surface area (Å²) in [5, 5.41) is 15.7. The number of aromatic nitrogens is 7. The number of ether oxygens (including phenoxy) is 1. The molecule has 1 N–H and O–H groups in total. The molecule has 4 aromatic heterocycles. The number of fused-ring (bicyclic) bond motifs is 2. The quantitative estimate of drug-likeness (QED) is 0.376. The van der Waals surface area contributed by atoms with Crippen LogP contribution in [0.15, 0.2) is 66.4 Å². The van der Waals surface area contributed by atoms with Gasteiger partial charge in [-0.1, -0.05) is 29.8 Å². The molecule has 0 unspecified atom stereocenters. The average Bonchev–Trinajstić information content (AvgIpc) is 3.54. The predicted octanol–water partition coefficient (Wildman–Crippen LogP) is 4.99. The molecule has 0 aliphatic carbocycles. The lowest BCUT2D eigenvalue weighted by atomic mass is 10.2. The highest BCUT2D eigenvalue weighted by atomic mass is 35.5. The first-order chi connectivity index (χ1) is 16.2.